The van der Waals surface area contributed by atoms with E-state index in [2.05, 4.69) is 10.1 Å². The highest BCUT2D eigenvalue weighted by atomic mass is 16.5. The summed E-state index contributed by atoms with van der Waals surface area (Å²) in [6.45, 7) is 8.00. The largest absolute Gasteiger partial charge is 0.618 e. The molecule has 0 aliphatic carbocycles. The summed E-state index contributed by atoms with van der Waals surface area (Å²) >= 11 is 0. The third kappa shape index (κ3) is 3.20. The summed E-state index contributed by atoms with van der Waals surface area (Å²) in [6.07, 6.45) is 0. The van der Waals surface area contributed by atoms with Crippen LogP contribution in [0.1, 0.15) is 25.2 Å². The molecule has 0 aliphatic heterocycles. The third-order valence-corrected chi connectivity index (χ3v) is 5.00. The van der Waals surface area contributed by atoms with E-state index in [1.165, 1.54) is 9.08 Å². The van der Waals surface area contributed by atoms with Gasteiger partial charge in [-0.05, 0) is 5.92 Å². The zero-order valence-electron chi connectivity index (χ0n) is 17.5. The molecule has 0 saturated heterocycles. The van der Waals surface area contributed by atoms with Gasteiger partial charge in [0.05, 0.1) is 11.3 Å². The van der Waals surface area contributed by atoms with Gasteiger partial charge in [-0.1, -0.05) is 44.2 Å². The zero-order chi connectivity index (χ0) is 21.6. The molecule has 0 fully saturated rings. The highest BCUT2D eigenvalue weighted by Gasteiger charge is 2.23. The molecule has 0 aliphatic rings. The molecule has 3 heterocycles. The van der Waals surface area contributed by atoms with Crippen LogP contribution in [-0.2, 0) is 6.54 Å². The van der Waals surface area contributed by atoms with Crippen molar-refractivity contribution < 1.29 is 4.73 Å². The Morgan fingerprint density at radius 1 is 1.10 bits per heavy atom. The molecule has 1 aromatic carbocycles. The van der Waals surface area contributed by atoms with Gasteiger partial charge in [0.2, 0.25) is 5.95 Å². The second-order valence-corrected chi connectivity index (χ2v) is 7.90. The van der Waals surface area contributed by atoms with Crippen molar-refractivity contribution >= 4 is 11.6 Å². The molecule has 8 nitrogen and oxygen atoms in total. The number of hydrogen-bond acceptors (Lipinski definition) is 5. The van der Waals surface area contributed by atoms with E-state index in [1.54, 1.807) is 26.0 Å². The van der Waals surface area contributed by atoms with Crippen molar-refractivity contribution in [3.63, 3.8) is 0 Å². The van der Waals surface area contributed by atoms with E-state index in [9.17, 15) is 10.0 Å². The lowest BCUT2D eigenvalue weighted by Crippen LogP contribution is -2.33. The number of hydrogen-bond donors (Lipinski definition) is 1. The van der Waals surface area contributed by atoms with E-state index in [0.717, 1.165) is 15.9 Å². The molecule has 0 radical (unpaired) electrons. The normalized spacial score (nSPS) is 11.5. The number of rotatable bonds is 4. The summed E-state index contributed by atoms with van der Waals surface area (Å²) < 4.78 is 3.64. The molecule has 8 heteroatoms. The number of anilines is 1. The maximum absolute atomic E-state index is 13.0. The number of fused-ring (bicyclic) bond motifs is 1. The van der Waals surface area contributed by atoms with E-state index in [0.29, 0.717) is 34.8 Å². The first-order valence-electron chi connectivity index (χ1n) is 9.83. The van der Waals surface area contributed by atoms with Crippen LogP contribution in [0.3, 0.4) is 0 Å². The smallest absolute Gasteiger partial charge is 0.353 e. The molecule has 0 unspecified atom stereocenters. The van der Waals surface area contributed by atoms with E-state index in [4.69, 9.17) is 5.73 Å². The molecule has 0 spiro atoms. The molecule has 4 rings (SSSR count). The first kappa shape index (κ1) is 19.6. The minimum absolute atomic E-state index is 0.0795. The molecule has 30 heavy (non-hydrogen) atoms. The number of nitrogens with two attached hydrogens (primary N) is 1. The molecule has 0 bridgehead atoms. The third-order valence-electron chi connectivity index (χ3n) is 5.00. The predicted molar refractivity (Wildman–Crippen MR) is 116 cm³/mol. The van der Waals surface area contributed by atoms with Gasteiger partial charge in [0.15, 0.2) is 17.0 Å². The Hall–Kier alpha value is -3.68. The Morgan fingerprint density at radius 3 is 2.33 bits per heavy atom. The van der Waals surface area contributed by atoms with Crippen LogP contribution in [-0.4, -0.2) is 19.2 Å². The number of aryl methyl sites for hydroxylation is 2. The van der Waals surface area contributed by atoms with Crippen LogP contribution in [0.5, 0.6) is 0 Å². The van der Waals surface area contributed by atoms with E-state index < -0.39 is 0 Å². The number of nitrogens with zero attached hydrogens (tertiary/aromatic N) is 5. The lowest BCUT2D eigenvalue weighted by atomic mass is 9.99. The van der Waals surface area contributed by atoms with Gasteiger partial charge in [0.25, 0.3) is 0 Å². The van der Waals surface area contributed by atoms with Crippen LogP contribution in [0.25, 0.3) is 28.0 Å². The van der Waals surface area contributed by atoms with E-state index in [-0.39, 0.29) is 17.6 Å². The van der Waals surface area contributed by atoms with Crippen LogP contribution < -0.4 is 16.2 Å². The fourth-order valence-corrected chi connectivity index (χ4v) is 3.67. The van der Waals surface area contributed by atoms with Crippen molar-refractivity contribution in [2.75, 3.05) is 5.73 Å². The van der Waals surface area contributed by atoms with Crippen molar-refractivity contribution in [2.24, 2.45) is 5.92 Å². The van der Waals surface area contributed by atoms with Gasteiger partial charge in [-0.15, -0.1) is 5.10 Å². The number of aromatic nitrogens is 5. The lowest BCUT2D eigenvalue weighted by molar-refractivity contribution is -0.619. The van der Waals surface area contributed by atoms with Gasteiger partial charge in [-0.2, -0.15) is 4.73 Å². The molecule has 0 atom stereocenters. The standard InChI is InChI=1S/C22H24N6O2/c1-13(2)12-26-22(29)27-20(25-26)18(17-10-14(3)28(30)15(4)11-17)19(24-21(27)23)16-8-6-5-7-9-16/h5-11,13H,12H2,1-4H3,(H2,23,24). The van der Waals surface area contributed by atoms with Crippen LogP contribution in [0.15, 0.2) is 47.3 Å². The van der Waals surface area contributed by atoms with Crippen LogP contribution >= 0.6 is 0 Å². The maximum atomic E-state index is 13.0. The van der Waals surface area contributed by atoms with Crippen molar-refractivity contribution in [1.29, 1.82) is 0 Å². The lowest BCUT2D eigenvalue weighted by Gasteiger charge is -2.13. The topological polar surface area (TPSA) is 105 Å². The summed E-state index contributed by atoms with van der Waals surface area (Å²) in [7, 11) is 0. The van der Waals surface area contributed by atoms with Gasteiger partial charge >= 0.3 is 5.69 Å². The summed E-state index contributed by atoms with van der Waals surface area (Å²) in [5.41, 5.74) is 10.3. The quantitative estimate of drug-likeness (QED) is 0.416. The highest BCUT2D eigenvalue weighted by molar-refractivity contribution is 5.90. The van der Waals surface area contributed by atoms with E-state index in [1.807, 2.05) is 44.2 Å². The fourth-order valence-electron chi connectivity index (χ4n) is 3.67. The van der Waals surface area contributed by atoms with Gasteiger partial charge < -0.3 is 10.9 Å². The Morgan fingerprint density at radius 2 is 1.73 bits per heavy atom. The van der Waals surface area contributed by atoms with Crippen molar-refractivity contribution in [3.8, 4) is 22.4 Å². The molecular weight excluding hydrogens is 380 g/mol. The van der Waals surface area contributed by atoms with Crippen LogP contribution in [0, 0.1) is 25.0 Å². The molecular formula is C22H24N6O2. The molecule has 3 aromatic heterocycles. The summed E-state index contributed by atoms with van der Waals surface area (Å²) in [5, 5.41) is 16.8. The van der Waals surface area contributed by atoms with Crippen LogP contribution in [0.2, 0.25) is 0 Å². The first-order chi connectivity index (χ1) is 14.3. The van der Waals surface area contributed by atoms with Gasteiger partial charge in [-0.3, -0.25) is 0 Å². The molecule has 2 N–H and O–H groups in total. The highest BCUT2D eigenvalue weighted by Crippen LogP contribution is 2.34. The molecule has 0 amide bonds. The Kier molecular flexibility index (Phi) is 4.77. The SMILES string of the molecule is Cc1cc(-c2c(-c3ccccc3)nc(N)n3c(=O)n(CC(C)C)nc23)cc(C)[n+]1[O-]. The summed E-state index contributed by atoms with van der Waals surface area (Å²) in [6, 6.07) is 13.2. The van der Waals surface area contributed by atoms with Gasteiger partial charge in [0.1, 0.15) is 0 Å². The van der Waals surface area contributed by atoms with Crippen molar-refractivity contribution in [3.05, 3.63) is 69.5 Å². The van der Waals surface area contributed by atoms with E-state index >= 15 is 0 Å². The second-order valence-electron chi connectivity index (χ2n) is 7.90. The average molecular weight is 404 g/mol. The number of benzene rings is 1. The minimum Gasteiger partial charge on any atom is -0.618 e. The molecule has 4 aromatic rings. The summed E-state index contributed by atoms with van der Waals surface area (Å²) in [5.74, 6) is 0.315. The van der Waals surface area contributed by atoms with Crippen LogP contribution in [0.4, 0.5) is 5.95 Å². The van der Waals surface area contributed by atoms with Crippen molar-refractivity contribution in [1.82, 2.24) is 19.2 Å². The molecule has 0 saturated carbocycles. The monoisotopic (exact) mass is 404 g/mol. The first-order valence-corrected chi connectivity index (χ1v) is 9.83. The Bertz CT molecular complexity index is 1280. The molecule has 154 valence electrons. The van der Waals surface area contributed by atoms with Gasteiger partial charge in [0, 0.05) is 43.7 Å². The summed E-state index contributed by atoms with van der Waals surface area (Å²) in [4.78, 5) is 17.6. The fraction of sp³-hybridized carbons (Fsp3) is 0.273. The average Bonchev–Trinajstić information content (AvgIpc) is 3.02. The zero-order valence-corrected chi connectivity index (χ0v) is 17.5. The number of nitrogen functional groups attached to an aromatic ring is 1. The Balaban J connectivity index is 2.14. The second kappa shape index (κ2) is 7.29. The van der Waals surface area contributed by atoms with Crippen molar-refractivity contribution in [2.45, 2.75) is 34.2 Å². The van der Waals surface area contributed by atoms with Gasteiger partial charge in [-0.25, -0.2) is 18.9 Å². The number of pyridine rings is 1. The maximum Gasteiger partial charge on any atom is 0.353 e. The minimum atomic E-state index is -0.326. The Labute approximate surface area is 173 Å². The predicted octanol–water partition coefficient (Wildman–Crippen LogP) is 2.71.